The van der Waals surface area contributed by atoms with E-state index < -0.39 is 22.0 Å². The molecule has 0 saturated carbocycles. The average molecular weight is 346 g/mol. The van der Waals surface area contributed by atoms with E-state index in [0.29, 0.717) is 32.5 Å². The minimum atomic E-state index is -3.39. The predicted octanol–water partition coefficient (Wildman–Crippen LogP) is 0.904. The second kappa shape index (κ2) is 7.61. The standard InChI is InChI=1S/C15H26N2O5S/c1-23(21,22)17-10-3-2-6-13(17)15(20)16-9-4-5-12(11-16)7-8-14(18)19/h12-13H,2-11H2,1H3,(H,18,19)/t12-,13+/m0/s1. The first-order chi connectivity index (χ1) is 10.8. The summed E-state index contributed by atoms with van der Waals surface area (Å²) in [6.45, 7) is 1.59. The molecule has 0 aromatic rings. The van der Waals surface area contributed by atoms with Crippen LogP contribution in [0.4, 0.5) is 0 Å². The van der Waals surface area contributed by atoms with Gasteiger partial charge < -0.3 is 10.0 Å². The molecule has 0 unspecified atom stereocenters. The molecular formula is C15H26N2O5S. The van der Waals surface area contributed by atoms with Crippen molar-refractivity contribution in [2.45, 2.75) is 51.0 Å². The van der Waals surface area contributed by atoms with E-state index in [1.165, 1.54) is 4.31 Å². The summed E-state index contributed by atoms with van der Waals surface area (Å²) in [6, 6.07) is -0.586. The molecule has 7 nitrogen and oxygen atoms in total. The molecule has 2 fully saturated rings. The molecule has 0 aromatic carbocycles. The highest BCUT2D eigenvalue weighted by molar-refractivity contribution is 7.88. The quantitative estimate of drug-likeness (QED) is 0.798. The molecule has 2 atom stereocenters. The first-order valence-corrected chi connectivity index (χ1v) is 10.1. The third kappa shape index (κ3) is 4.91. The molecule has 0 aliphatic carbocycles. The van der Waals surface area contributed by atoms with E-state index in [-0.39, 0.29) is 18.2 Å². The number of hydrogen-bond acceptors (Lipinski definition) is 4. The van der Waals surface area contributed by atoms with Crippen LogP contribution >= 0.6 is 0 Å². The number of piperidine rings is 2. The first kappa shape index (κ1) is 18.2. The summed E-state index contributed by atoms with van der Waals surface area (Å²) in [7, 11) is -3.39. The first-order valence-electron chi connectivity index (χ1n) is 8.26. The molecule has 1 N–H and O–H groups in total. The highest BCUT2D eigenvalue weighted by Gasteiger charge is 2.37. The molecule has 2 rings (SSSR count). The number of carbonyl (C=O) groups is 2. The van der Waals surface area contributed by atoms with Gasteiger partial charge in [-0.15, -0.1) is 0 Å². The number of carbonyl (C=O) groups excluding carboxylic acids is 1. The smallest absolute Gasteiger partial charge is 0.303 e. The average Bonchev–Trinajstić information content (AvgIpc) is 2.51. The van der Waals surface area contributed by atoms with Gasteiger partial charge in [0.1, 0.15) is 6.04 Å². The Labute approximate surface area is 137 Å². The van der Waals surface area contributed by atoms with Crippen LogP contribution < -0.4 is 0 Å². The normalized spacial score (nSPS) is 26.9. The lowest BCUT2D eigenvalue weighted by atomic mass is 9.92. The fourth-order valence-corrected chi connectivity index (χ4v) is 4.71. The number of sulfonamides is 1. The SMILES string of the molecule is CS(=O)(=O)N1CCCC[C@@H]1C(=O)N1CCC[C@@H](CCC(=O)O)C1. The van der Waals surface area contributed by atoms with Crippen molar-refractivity contribution in [3.63, 3.8) is 0 Å². The Hall–Kier alpha value is -1.15. The summed E-state index contributed by atoms with van der Waals surface area (Å²) in [5.74, 6) is -0.738. The minimum absolute atomic E-state index is 0.116. The molecule has 0 aromatic heterocycles. The maximum atomic E-state index is 12.8. The number of aliphatic carboxylic acids is 1. The van der Waals surface area contributed by atoms with Crippen molar-refractivity contribution in [3.8, 4) is 0 Å². The third-order valence-corrected chi connectivity index (χ3v) is 6.05. The molecule has 23 heavy (non-hydrogen) atoms. The maximum Gasteiger partial charge on any atom is 0.303 e. The number of amides is 1. The van der Waals surface area contributed by atoms with E-state index in [1.807, 2.05) is 0 Å². The topological polar surface area (TPSA) is 95.0 Å². The fraction of sp³-hybridized carbons (Fsp3) is 0.867. The van der Waals surface area contributed by atoms with Crippen LogP contribution in [0.25, 0.3) is 0 Å². The van der Waals surface area contributed by atoms with Crippen molar-refractivity contribution in [1.29, 1.82) is 0 Å². The van der Waals surface area contributed by atoms with E-state index in [1.54, 1.807) is 4.90 Å². The summed E-state index contributed by atoms with van der Waals surface area (Å²) in [5, 5.41) is 8.79. The van der Waals surface area contributed by atoms with Gasteiger partial charge in [0.15, 0.2) is 0 Å². The maximum absolute atomic E-state index is 12.8. The molecule has 8 heteroatoms. The number of carboxylic acids is 1. The molecule has 2 saturated heterocycles. The van der Waals surface area contributed by atoms with E-state index in [4.69, 9.17) is 5.11 Å². The van der Waals surface area contributed by atoms with Gasteiger partial charge in [0.25, 0.3) is 0 Å². The zero-order valence-corrected chi connectivity index (χ0v) is 14.4. The second-order valence-corrected chi connectivity index (χ2v) is 8.55. The predicted molar refractivity (Wildman–Crippen MR) is 85.4 cm³/mol. The molecular weight excluding hydrogens is 320 g/mol. The van der Waals surface area contributed by atoms with Crippen molar-refractivity contribution in [2.75, 3.05) is 25.9 Å². The van der Waals surface area contributed by atoms with E-state index in [2.05, 4.69) is 0 Å². The van der Waals surface area contributed by atoms with Gasteiger partial charge in [0.05, 0.1) is 6.26 Å². The summed E-state index contributed by atoms with van der Waals surface area (Å²) in [5.41, 5.74) is 0. The van der Waals surface area contributed by atoms with Crippen LogP contribution in [0, 0.1) is 5.92 Å². The number of hydrogen-bond donors (Lipinski definition) is 1. The van der Waals surface area contributed by atoms with Gasteiger partial charge in [-0.3, -0.25) is 9.59 Å². The largest absolute Gasteiger partial charge is 0.481 e. The second-order valence-electron chi connectivity index (χ2n) is 6.61. The molecule has 1 amide bonds. The molecule has 0 bridgehead atoms. The van der Waals surface area contributed by atoms with Crippen LogP contribution in [0.15, 0.2) is 0 Å². The number of rotatable bonds is 5. The van der Waals surface area contributed by atoms with E-state index in [0.717, 1.165) is 31.9 Å². The van der Waals surface area contributed by atoms with E-state index in [9.17, 15) is 18.0 Å². The van der Waals surface area contributed by atoms with Crippen LogP contribution in [0.3, 0.4) is 0 Å². The van der Waals surface area contributed by atoms with Crippen LogP contribution in [-0.2, 0) is 19.6 Å². The molecule has 0 spiro atoms. The molecule has 2 aliphatic rings. The van der Waals surface area contributed by atoms with Gasteiger partial charge in [-0.2, -0.15) is 4.31 Å². The fourth-order valence-electron chi connectivity index (χ4n) is 3.59. The lowest BCUT2D eigenvalue weighted by Gasteiger charge is -2.39. The van der Waals surface area contributed by atoms with Crippen molar-refractivity contribution in [1.82, 2.24) is 9.21 Å². The van der Waals surface area contributed by atoms with Crippen LogP contribution in [0.1, 0.15) is 44.9 Å². The van der Waals surface area contributed by atoms with Crippen molar-refractivity contribution >= 4 is 21.9 Å². The highest BCUT2D eigenvalue weighted by Crippen LogP contribution is 2.26. The van der Waals surface area contributed by atoms with Crippen LogP contribution in [0.5, 0.6) is 0 Å². The Balaban J connectivity index is 2.01. The van der Waals surface area contributed by atoms with Gasteiger partial charge >= 0.3 is 5.97 Å². The Morgan fingerprint density at radius 2 is 1.87 bits per heavy atom. The number of carboxylic acid groups (broad SMARTS) is 1. The molecule has 2 aliphatic heterocycles. The van der Waals surface area contributed by atoms with Gasteiger partial charge in [-0.25, -0.2) is 8.42 Å². The van der Waals surface area contributed by atoms with Crippen molar-refractivity contribution < 1.29 is 23.1 Å². The molecule has 0 radical (unpaired) electrons. The summed E-state index contributed by atoms with van der Waals surface area (Å²) >= 11 is 0. The summed E-state index contributed by atoms with van der Waals surface area (Å²) < 4.78 is 25.2. The Morgan fingerprint density at radius 1 is 1.13 bits per heavy atom. The minimum Gasteiger partial charge on any atom is -0.481 e. The molecule has 2 heterocycles. The number of nitrogens with zero attached hydrogens (tertiary/aromatic N) is 2. The monoisotopic (exact) mass is 346 g/mol. The highest BCUT2D eigenvalue weighted by atomic mass is 32.2. The Morgan fingerprint density at radius 3 is 2.52 bits per heavy atom. The lowest BCUT2D eigenvalue weighted by molar-refractivity contribution is -0.138. The van der Waals surface area contributed by atoms with Crippen LogP contribution in [0.2, 0.25) is 0 Å². The Kier molecular flexibility index (Phi) is 6.02. The van der Waals surface area contributed by atoms with Gasteiger partial charge in [-0.05, 0) is 38.0 Å². The molecule has 132 valence electrons. The van der Waals surface area contributed by atoms with Gasteiger partial charge in [0.2, 0.25) is 15.9 Å². The van der Waals surface area contributed by atoms with E-state index >= 15 is 0 Å². The van der Waals surface area contributed by atoms with Crippen molar-refractivity contribution in [2.24, 2.45) is 5.92 Å². The third-order valence-electron chi connectivity index (χ3n) is 4.76. The summed E-state index contributed by atoms with van der Waals surface area (Å²) in [6.07, 6.45) is 5.84. The van der Waals surface area contributed by atoms with Gasteiger partial charge in [-0.1, -0.05) is 6.42 Å². The number of likely N-dealkylation sites (tertiary alicyclic amines) is 1. The van der Waals surface area contributed by atoms with Gasteiger partial charge in [0, 0.05) is 26.1 Å². The zero-order chi connectivity index (χ0) is 17.0. The van der Waals surface area contributed by atoms with Crippen molar-refractivity contribution in [3.05, 3.63) is 0 Å². The summed E-state index contributed by atoms with van der Waals surface area (Å²) in [4.78, 5) is 25.2. The van der Waals surface area contributed by atoms with Crippen LogP contribution in [-0.4, -0.2) is 66.5 Å². The lowest BCUT2D eigenvalue weighted by Crippen LogP contribution is -2.54. The Bertz CT molecular complexity index is 548. The zero-order valence-electron chi connectivity index (χ0n) is 13.6.